The molecule has 0 aromatic heterocycles. The van der Waals surface area contributed by atoms with E-state index in [1.54, 1.807) is 13.1 Å². The van der Waals surface area contributed by atoms with Crippen LogP contribution in [0.4, 0.5) is 4.39 Å². The fourth-order valence-electron chi connectivity index (χ4n) is 4.65. The number of nitrogens with zero attached hydrogens (tertiary/aromatic N) is 2. The summed E-state index contributed by atoms with van der Waals surface area (Å²) in [6, 6.07) is 4.26. The van der Waals surface area contributed by atoms with Crippen LogP contribution in [0.1, 0.15) is 43.2 Å². The van der Waals surface area contributed by atoms with E-state index in [-0.39, 0.29) is 36.6 Å². The van der Waals surface area contributed by atoms with Gasteiger partial charge in [-0.25, -0.2) is 4.39 Å². The van der Waals surface area contributed by atoms with Gasteiger partial charge in [0.15, 0.2) is 12.8 Å². The van der Waals surface area contributed by atoms with Crippen LogP contribution in [-0.4, -0.2) is 56.4 Å². The van der Waals surface area contributed by atoms with Crippen LogP contribution in [0, 0.1) is 5.82 Å². The summed E-state index contributed by atoms with van der Waals surface area (Å²) in [7, 11) is 1.80. The summed E-state index contributed by atoms with van der Waals surface area (Å²) in [5.74, 6) is 1.33. The Morgan fingerprint density at radius 1 is 1.28 bits per heavy atom. The average Bonchev–Trinajstić information content (AvgIpc) is 3.38. The van der Waals surface area contributed by atoms with E-state index >= 15 is 0 Å². The van der Waals surface area contributed by atoms with Crippen molar-refractivity contribution in [2.45, 2.75) is 57.2 Å². The fraction of sp³-hybridized carbons (Fsp3) is 0.667. The summed E-state index contributed by atoms with van der Waals surface area (Å²) in [6.45, 7) is 3.56. The molecule has 162 valence electrons. The minimum atomic E-state index is -0.247. The smallest absolute Gasteiger partial charge is 0.191 e. The first-order valence-corrected chi connectivity index (χ1v) is 10.5. The first-order valence-electron chi connectivity index (χ1n) is 10.5. The molecule has 1 aromatic rings. The minimum Gasteiger partial charge on any atom is -0.467 e. The lowest BCUT2D eigenvalue weighted by molar-refractivity contribution is -0.0172. The number of guanidine groups is 1. The van der Waals surface area contributed by atoms with Gasteiger partial charge in [-0.2, -0.15) is 0 Å². The van der Waals surface area contributed by atoms with E-state index in [0.717, 1.165) is 41.8 Å². The second-order valence-electron chi connectivity index (χ2n) is 7.98. The van der Waals surface area contributed by atoms with Crippen LogP contribution in [0.25, 0.3) is 0 Å². The molecule has 0 spiro atoms. The molecular weight excluding hydrogens is 486 g/mol. The second kappa shape index (κ2) is 10.8. The van der Waals surface area contributed by atoms with Gasteiger partial charge in [0.1, 0.15) is 11.6 Å². The van der Waals surface area contributed by atoms with Crippen molar-refractivity contribution in [3.05, 3.63) is 29.1 Å². The highest BCUT2D eigenvalue weighted by Gasteiger charge is 2.30. The van der Waals surface area contributed by atoms with Gasteiger partial charge in [-0.05, 0) is 43.4 Å². The molecule has 2 heterocycles. The summed E-state index contributed by atoms with van der Waals surface area (Å²) in [5, 5.41) is 6.92. The van der Waals surface area contributed by atoms with E-state index in [4.69, 9.17) is 9.47 Å². The van der Waals surface area contributed by atoms with Crippen molar-refractivity contribution in [2.24, 2.45) is 4.99 Å². The molecule has 8 heteroatoms. The first-order chi connectivity index (χ1) is 13.7. The molecule has 1 aliphatic carbocycles. The van der Waals surface area contributed by atoms with Crippen LogP contribution in [0.3, 0.4) is 0 Å². The predicted octanol–water partition coefficient (Wildman–Crippen LogP) is 3.03. The third kappa shape index (κ3) is 5.73. The largest absolute Gasteiger partial charge is 0.467 e. The molecule has 29 heavy (non-hydrogen) atoms. The van der Waals surface area contributed by atoms with Crippen molar-refractivity contribution in [1.82, 2.24) is 15.5 Å². The summed E-state index contributed by atoms with van der Waals surface area (Å²) in [5.41, 5.74) is 1.65. The van der Waals surface area contributed by atoms with Crippen LogP contribution in [0.5, 0.6) is 5.75 Å². The van der Waals surface area contributed by atoms with Crippen LogP contribution >= 0.6 is 24.0 Å². The number of fused-ring (bicyclic) bond motifs is 1. The fourth-order valence-corrected chi connectivity index (χ4v) is 4.65. The molecule has 2 fully saturated rings. The molecule has 0 radical (unpaired) electrons. The van der Waals surface area contributed by atoms with E-state index in [0.29, 0.717) is 25.6 Å². The highest BCUT2D eigenvalue weighted by Crippen LogP contribution is 2.29. The Morgan fingerprint density at radius 3 is 2.90 bits per heavy atom. The number of aliphatic imine (C=N–C) groups is 1. The molecule has 6 nitrogen and oxygen atoms in total. The van der Waals surface area contributed by atoms with Crippen LogP contribution in [0.2, 0.25) is 0 Å². The number of ether oxygens (including phenoxy) is 2. The van der Waals surface area contributed by atoms with Crippen molar-refractivity contribution in [3.8, 4) is 5.75 Å². The zero-order valence-electron chi connectivity index (χ0n) is 17.1. The SMILES string of the molecule is CN=C(NCCc1cc(F)cc2c1OCOC2)NC1CCN(C2CCCC2)C1.I. The highest BCUT2D eigenvalue weighted by atomic mass is 127. The molecule has 4 rings (SSSR count). The average molecular weight is 518 g/mol. The van der Waals surface area contributed by atoms with E-state index in [2.05, 4.69) is 20.5 Å². The zero-order valence-corrected chi connectivity index (χ0v) is 19.4. The van der Waals surface area contributed by atoms with Crippen molar-refractivity contribution in [1.29, 1.82) is 0 Å². The van der Waals surface area contributed by atoms with Crippen molar-refractivity contribution in [2.75, 3.05) is 33.5 Å². The number of hydrogen-bond donors (Lipinski definition) is 2. The van der Waals surface area contributed by atoms with Gasteiger partial charge < -0.3 is 20.1 Å². The van der Waals surface area contributed by atoms with Crippen molar-refractivity contribution in [3.63, 3.8) is 0 Å². The maximum absolute atomic E-state index is 13.9. The maximum atomic E-state index is 13.9. The monoisotopic (exact) mass is 518 g/mol. The van der Waals surface area contributed by atoms with Gasteiger partial charge in [-0.15, -0.1) is 24.0 Å². The van der Waals surface area contributed by atoms with E-state index in [9.17, 15) is 4.39 Å². The maximum Gasteiger partial charge on any atom is 0.191 e. The molecule has 3 aliphatic rings. The molecule has 1 saturated heterocycles. The minimum absolute atomic E-state index is 0. The summed E-state index contributed by atoms with van der Waals surface area (Å²) >= 11 is 0. The quantitative estimate of drug-likeness (QED) is 0.357. The van der Waals surface area contributed by atoms with Gasteiger partial charge in [0.2, 0.25) is 0 Å². The number of halogens is 2. The Bertz CT molecular complexity index is 712. The Balaban J connectivity index is 0.00000240. The molecule has 1 aromatic carbocycles. The third-order valence-corrected chi connectivity index (χ3v) is 6.06. The van der Waals surface area contributed by atoms with Gasteiger partial charge in [0, 0.05) is 44.3 Å². The predicted molar refractivity (Wildman–Crippen MR) is 123 cm³/mol. The molecule has 1 unspecified atom stereocenters. The van der Waals surface area contributed by atoms with Crippen molar-refractivity contribution >= 4 is 29.9 Å². The van der Waals surface area contributed by atoms with Crippen LogP contribution in [-0.2, 0) is 17.8 Å². The molecule has 0 bridgehead atoms. The highest BCUT2D eigenvalue weighted by molar-refractivity contribution is 14.0. The second-order valence-corrected chi connectivity index (χ2v) is 7.98. The first kappa shape index (κ1) is 22.6. The van der Waals surface area contributed by atoms with E-state index in [1.165, 1.54) is 38.3 Å². The summed E-state index contributed by atoms with van der Waals surface area (Å²) in [4.78, 5) is 7.00. The molecule has 1 saturated carbocycles. The molecular formula is C21H32FIN4O2. The van der Waals surface area contributed by atoms with Crippen LogP contribution < -0.4 is 15.4 Å². The summed E-state index contributed by atoms with van der Waals surface area (Å²) in [6.07, 6.45) is 7.28. The van der Waals surface area contributed by atoms with Gasteiger partial charge in [-0.1, -0.05) is 12.8 Å². The topological polar surface area (TPSA) is 58.1 Å². The Kier molecular flexibility index (Phi) is 8.37. The molecule has 0 amide bonds. The lowest BCUT2D eigenvalue weighted by Crippen LogP contribution is -2.45. The van der Waals surface area contributed by atoms with E-state index < -0.39 is 0 Å². The van der Waals surface area contributed by atoms with Crippen LogP contribution in [0.15, 0.2) is 17.1 Å². The summed E-state index contributed by atoms with van der Waals surface area (Å²) < 4.78 is 24.7. The Labute approximate surface area is 189 Å². The van der Waals surface area contributed by atoms with Gasteiger partial charge in [0.25, 0.3) is 0 Å². The molecule has 1 atom stereocenters. The number of benzene rings is 1. The zero-order chi connectivity index (χ0) is 19.3. The van der Waals surface area contributed by atoms with Gasteiger partial charge >= 0.3 is 0 Å². The number of likely N-dealkylation sites (tertiary alicyclic amines) is 1. The van der Waals surface area contributed by atoms with Gasteiger partial charge in [0.05, 0.1) is 6.61 Å². The molecule has 2 aliphatic heterocycles. The standard InChI is InChI=1S/C21H31FN4O2.HI/c1-23-21(25-18-7-9-26(12-18)19-4-2-3-5-19)24-8-6-15-10-17(22)11-16-13-27-14-28-20(15)16;/h10-11,18-19H,2-9,12-14H2,1H3,(H2,23,24,25);1H. The van der Waals surface area contributed by atoms with E-state index in [1.807, 2.05) is 0 Å². The van der Waals surface area contributed by atoms with Gasteiger partial charge in [-0.3, -0.25) is 9.89 Å². The number of hydrogen-bond acceptors (Lipinski definition) is 4. The normalized spacial score (nSPS) is 22.7. The molecule has 2 N–H and O–H groups in total. The lowest BCUT2D eigenvalue weighted by Gasteiger charge is -2.24. The lowest BCUT2D eigenvalue weighted by atomic mass is 10.1. The Morgan fingerprint density at radius 2 is 2.10 bits per heavy atom. The Hall–Kier alpha value is -1.13. The number of rotatable bonds is 5. The number of nitrogens with one attached hydrogen (secondary N) is 2. The third-order valence-electron chi connectivity index (χ3n) is 6.06. The van der Waals surface area contributed by atoms with Crippen molar-refractivity contribution < 1.29 is 13.9 Å².